The van der Waals surface area contributed by atoms with E-state index in [4.69, 9.17) is 9.84 Å². The molecule has 0 saturated carbocycles. The lowest BCUT2D eigenvalue weighted by atomic mass is 10.0. The first kappa shape index (κ1) is 18.7. The zero-order valence-electron chi connectivity index (χ0n) is 14.2. The molecule has 1 amide bonds. The van der Waals surface area contributed by atoms with Gasteiger partial charge in [-0.05, 0) is 24.5 Å². The van der Waals surface area contributed by atoms with E-state index in [0.29, 0.717) is 13.0 Å². The number of carboxylic acid groups (broad SMARTS) is 1. The van der Waals surface area contributed by atoms with E-state index >= 15 is 0 Å². The van der Waals surface area contributed by atoms with Gasteiger partial charge in [-0.3, -0.25) is 9.59 Å². The van der Waals surface area contributed by atoms with Crippen LogP contribution < -0.4 is 5.32 Å². The lowest BCUT2D eigenvalue weighted by Crippen LogP contribution is -2.34. The van der Waals surface area contributed by atoms with Crippen LogP contribution in [0.2, 0.25) is 0 Å². The summed E-state index contributed by atoms with van der Waals surface area (Å²) in [7, 11) is 0. The molecule has 0 fully saturated rings. The largest absolute Gasteiger partial charge is 0.481 e. The number of hydrogen-bond acceptors (Lipinski definition) is 3. The number of nitrogens with one attached hydrogen (secondary N) is 1. The second kappa shape index (κ2) is 9.59. The van der Waals surface area contributed by atoms with Crippen molar-refractivity contribution in [3.63, 3.8) is 0 Å². The van der Waals surface area contributed by atoms with E-state index < -0.39 is 12.1 Å². The number of amides is 1. The standard InChI is InChI=1S/C20H23NO4/c1-2-25-19(16-11-7-4-8-12-16)20(24)21-17(13-14-18(22)23)15-9-5-3-6-10-15/h3-12,17,19H,2,13-14H2,1H3,(H,21,24)(H,22,23). The molecule has 2 N–H and O–H groups in total. The smallest absolute Gasteiger partial charge is 0.303 e. The molecule has 2 atom stereocenters. The second-order valence-electron chi connectivity index (χ2n) is 5.65. The molecule has 0 spiro atoms. The highest BCUT2D eigenvalue weighted by Gasteiger charge is 2.24. The van der Waals surface area contributed by atoms with E-state index in [2.05, 4.69) is 5.32 Å². The maximum atomic E-state index is 12.8. The van der Waals surface area contributed by atoms with Gasteiger partial charge in [0.05, 0.1) is 6.04 Å². The third kappa shape index (κ3) is 5.72. The van der Waals surface area contributed by atoms with Crippen LogP contribution in [0.4, 0.5) is 0 Å². The summed E-state index contributed by atoms with van der Waals surface area (Å²) in [5.41, 5.74) is 1.65. The minimum absolute atomic E-state index is 0.0233. The number of carbonyl (C=O) groups is 2. The van der Waals surface area contributed by atoms with Crippen molar-refractivity contribution in [3.8, 4) is 0 Å². The van der Waals surface area contributed by atoms with Crippen molar-refractivity contribution in [2.75, 3.05) is 6.61 Å². The highest BCUT2D eigenvalue weighted by Crippen LogP contribution is 2.22. The van der Waals surface area contributed by atoms with Crippen molar-refractivity contribution in [2.45, 2.75) is 31.9 Å². The summed E-state index contributed by atoms with van der Waals surface area (Å²) in [4.78, 5) is 23.7. The van der Waals surface area contributed by atoms with Gasteiger partial charge in [-0.2, -0.15) is 0 Å². The van der Waals surface area contributed by atoms with Crippen LogP contribution in [0.5, 0.6) is 0 Å². The van der Waals surface area contributed by atoms with Gasteiger partial charge in [0.1, 0.15) is 0 Å². The van der Waals surface area contributed by atoms with Gasteiger partial charge in [0.2, 0.25) is 0 Å². The third-order valence-electron chi connectivity index (χ3n) is 3.84. The van der Waals surface area contributed by atoms with E-state index in [-0.39, 0.29) is 18.4 Å². The molecule has 132 valence electrons. The van der Waals surface area contributed by atoms with Crippen molar-refractivity contribution in [2.24, 2.45) is 0 Å². The van der Waals surface area contributed by atoms with Crippen LogP contribution in [0.15, 0.2) is 60.7 Å². The zero-order valence-corrected chi connectivity index (χ0v) is 14.2. The Morgan fingerprint density at radius 3 is 2.08 bits per heavy atom. The van der Waals surface area contributed by atoms with Crippen molar-refractivity contribution in [1.29, 1.82) is 0 Å². The molecule has 0 saturated heterocycles. The van der Waals surface area contributed by atoms with Gasteiger partial charge in [0, 0.05) is 13.0 Å². The maximum absolute atomic E-state index is 12.8. The van der Waals surface area contributed by atoms with Gasteiger partial charge < -0.3 is 15.2 Å². The van der Waals surface area contributed by atoms with E-state index in [1.165, 1.54) is 0 Å². The molecule has 2 aromatic carbocycles. The predicted octanol–water partition coefficient (Wildman–Crippen LogP) is 3.49. The molecule has 0 aliphatic rings. The number of carboxylic acids is 1. The Morgan fingerprint density at radius 1 is 1.00 bits per heavy atom. The average Bonchev–Trinajstić information content (AvgIpc) is 2.64. The van der Waals surface area contributed by atoms with E-state index in [0.717, 1.165) is 11.1 Å². The number of aliphatic carboxylic acids is 1. The molecule has 0 bridgehead atoms. The number of benzene rings is 2. The molecular weight excluding hydrogens is 318 g/mol. The molecule has 2 unspecified atom stereocenters. The Bertz CT molecular complexity index is 673. The first-order chi connectivity index (χ1) is 12.1. The zero-order chi connectivity index (χ0) is 18.1. The van der Waals surface area contributed by atoms with Crippen LogP contribution >= 0.6 is 0 Å². The van der Waals surface area contributed by atoms with Gasteiger partial charge in [0.25, 0.3) is 5.91 Å². The lowest BCUT2D eigenvalue weighted by molar-refractivity contribution is -0.138. The summed E-state index contributed by atoms with van der Waals surface area (Å²) in [6.45, 7) is 2.24. The molecule has 5 heteroatoms. The summed E-state index contributed by atoms with van der Waals surface area (Å²) in [5, 5.41) is 11.9. The molecule has 0 heterocycles. The summed E-state index contributed by atoms with van der Waals surface area (Å²) < 4.78 is 5.62. The molecule has 2 aromatic rings. The predicted molar refractivity (Wildman–Crippen MR) is 95.0 cm³/mol. The van der Waals surface area contributed by atoms with E-state index in [1.807, 2.05) is 67.6 Å². The normalized spacial score (nSPS) is 13.0. The van der Waals surface area contributed by atoms with Gasteiger partial charge >= 0.3 is 5.97 Å². The molecule has 0 aliphatic heterocycles. The SMILES string of the molecule is CCOC(C(=O)NC(CCC(=O)O)c1ccccc1)c1ccccc1. The molecule has 25 heavy (non-hydrogen) atoms. The molecule has 0 aromatic heterocycles. The number of rotatable bonds is 9. The summed E-state index contributed by atoms with van der Waals surface area (Å²) >= 11 is 0. The maximum Gasteiger partial charge on any atom is 0.303 e. The fraction of sp³-hybridized carbons (Fsp3) is 0.300. The van der Waals surface area contributed by atoms with Crippen LogP contribution in [-0.4, -0.2) is 23.6 Å². The average molecular weight is 341 g/mol. The van der Waals surface area contributed by atoms with Crippen molar-refractivity contribution in [3.05, 3.63) is 71.8 Å². The summed E-state index contributed by atoms with van der Waals surface area (Å²) in [6, 6.07) is 18.3. The Morgan fingerprint density at radius 2 is 1.56 bits per heavy atom. The lowest BCUT2D eigenvalue weighted by Gasteiger charge is -2.23. The van der Waals surface area contributed by atoms with Crippen LogP contribution in [0.25, 0.3) is 0 Å². The number of hydrogen-bond donors (Lipinski definition) is 2. The summed E-state index contributed by atoms with van der Waals surface area (Å²) in [5.74, 6) is -1.16. The van der Waals surface area contributed by atoms with Crippen LogP contribution in [0.3, 0.4) is 0 Å². The molecule has 2 rings (SSSR count). The molecular formula is C20H23NO4. The number of carbonyl (C=O) groups excluding carboxylic acids is 1. The van der Waals surface area contributed by atoms with Gasteiger partial charge in [-0.25, -0.2) is 0 Å². The quantitative estimate of drug-likeness (QED) is 0.732. The summed E-state index contributed by atoms with van der Waals surface area (Å²) in [6.07, 6.45) is -0.425. The minimum Gasteiger partial charge on any atom is -0.481 e. The third-order valence-corrected chi connectivity index (χ3v) is 3.84. The van der Waals surface area contributed by atoms with Gasteiger partial charge in [0.15, 0.2) is 6.10 Å². The molecule has 0 radical (unpaired) electrons. The topological polar surface area (TPSA) is 75.6 Å². The van der Waals surface area contributed by atoms with Crippen LogP contribution in [0.1, 0.15) is 43.0 Å². The molecule has 0 aliphatic carbocycles. The van der Waals surface area contributed by atoms with Crippen molar-refractivity contribution in [1.82, 2.24) is 5.32 Å². The first-order valence-electron chi connectivity index (χ1n) is 8.35. The monoisotopic (exact) mass is 341 g/mol. The highest BCUT2D eigenvalue weighted by molar-refractivity contribution is 5.82. The van der Waals surface area contributed by atoms with Crippen molar-refractivity contribution >= 4 is 11.9 Å². The van der Waals surface area contributed by atoms with Gasteiger partial charge in [-0.1, -0.05) is 60.7 Å². The van der Waals surface area contributed by atoms with Crippen LogP contribution in [0, 0.1) is 0 Å². The first-order valence-corrected chi connectivity index (χ1v) is 8.35. The second-order valence-corrected chi connectivity index (χ2v) is 5.65. The van der Waals surface area contributed by atoms with Crippen LogP contribution in [-0.2, 0) is 14.3 Å². The minimum atomic E-state index is -0.889. The Balaban J connectivity index is 2.17. The Labute approximate surface area is 147 Å². The Kier molecular flexibility index (Phi) is 7.16. The van der Waals surface area contributed by atoms with Gasteiger partial charge in [-0.15, -0.1) is 0 Å². The van der Waals surface area contributed by atoms with E-state index in [9.17, 15) is 9.59 Å². The Hall–Kier alpha value is -2.66. The molecule has 5 nitrogen and oxygen atoms in total. The fourth-order valence-electron chi connectivity index (χ4n) is 2.64. The highest BCUT2D eigenvalue weighted by atomic mass is 16.5. The van der Waals surface area contributed by atoms with Crippen molar-refractivity contribution < 1.29 is 19.4 Å². The fourth-order valence-corrected chi connectivity index (χ4v) is 2.64. The number of ether oxygens (including phenoxy) is 1. The van der Waals surface area contributed by atoms with E-state index in [1.54, 1.807) is 0 Å².